The van der Waals surface area contributed by atoms with Crippen LogP contribution in [0.5, 0.6) is 0 Å². The van der Waals surface area contributed by atoms with E-state index in [2.05, 4.69) is 27.2 Å². The largest absolute Gasteiger partial charge is 0.310 e. The fourth-order valence-electron chi connectivity index (χ4n) is 3.43. The molecule has 24 heavy (non-hydrogen) atoms. The van der Waals surface area contributed by atoms with Crippen LogP contribution in [0.3, 0.4) is 0 Å². The van der Waals surface area contributed by atoms with E-state index >= 15 is 0 Å². The highest BCUT2D eigenvalue weighted by Crippen LogP contribution is 2.35. The van der Waals surface area contributed by atoms with Crippen molar-refractivity contribution in [3.63, 3.8) is 0 Å². The Kier molecular flexibility index (Phi) is 4.87. The van der Waals surface area contributed by atoms with Gasteiger partial charge in [-0.05, 0) is 45.4 Å². The number of hydrogen-bond acceptors (Lipinski definition) is 4. The zero-order valence-corrected chi connectivity index (χ0v) is 15.0. The Bertz CT molecular complexity index is 740. The molecule has 3 rings (SSSR count). The lowest BCUT2D eigenvalue weighted by Crippen LogP contribution is -2.33. The maximum absolute atomic E-state index is 12.4. The normalized spacial score (nSPS) is 18.1. The number of aryl methyl sites for hydroxylation is 2. The molecule has 1 saturated heterocycles. The van der Waals surface area contributed by atoms with E-state index in [1.807, 2.05) is 18.7 Å². The molecule has 128 valence electrons. The van der Waals surface area contributed by atoms with Gasteiger partial charge < -0.3 is 5.32 Å². The molecule has 1 amide bonds. The Balaban J connectivity index is 1.69. The highest BCUT2D eigenvalue weighted by Gasteiger charge is 2.31. The van der Waals surface area contributed by atoms with E-state index in [1.165, 1.54) is 17.5 Å². The molecular formula is C17H22ClN5O. The second kappa shape index (κ2) is 6.91. The Labute approximate surface area is 146 Å². The summed E-state index contributed by atoms with van der Waals surface area (Å²) in [6, 6.07) is 3.67. The molecule has 1 atom stereocenters. The predicted molar refractivity (Wildman–Crippen MR) is 94.1 cm³/mol. The SMILES string of the molecule is Cc1nn(C)c(C)c1[C@H]1CCCN1CC(=O)Nc1ccc(Cl)cn1. The van der Waals surface area contributed by atoms with Crippen molar-refractivity contribution in [2.75, 3.05) is 18.4 Å². The molecule has 6 nitrogen and oxygen atoms in total. The third kappa shape index (κ3) is 3.44. The molecule has 0 spiro atoms. The van der Waals surface area contributed by atoms with Gasteiger partial charge in [0.2, 0.25) is 5.91 Å². The summed E-state index contributed by atoms with van der Waals surface area (Å²) in [6.07, 6.45) is 3.67. The molecule has 0 radical (unpaired) electrons. The van der Waals surface area contributed by atoms with Crippen molar-refractivity contribution in [1.29, 1.82) is 0 Å². The number of likely N-dealkylation sites (tertiary alicyclic amines) is 1. The first kappa shape index (κ1) is 16.9. The van der Waals surface area contributed by atoms with Gasteiger partial charge in [0.15, 0.2) is 0 Å². The van der Waals surface area contributed by atoms with Crippen molar-refractivity contribution < 1.29 is 4.79 Å². The van der Waals surface area contributed by atoms with Crippen LogP contribution in [0.25, 0.3) is 0 Å². The molecule has 1 aliphatic rings. The number of carbonyl (C=O) groups excluding carboxylic acids is 1. The summed E-state index contributed by atoms with van der Waals surface area (Å²) in [5.74, 6) is 0.463. The van der Waals surface area contributed by atoms with Gasteiger partial charge in [0.05, 0.1) is 17.3 Å². The average molecular weight is 348 g/mol. The molecule has 0 aliphatic carbocycles. The molecule has 1 aliphatic heterocycles. The average Bonchev–Trinajstić information content (AvgIpc) is 3.06. The third-order valence-corrected chi connectivity index (χ3v) is 4.83. The minimum absolute atomic E-state index is 0.0593. The fraction of sp³-hybridized carbons (Fsp3) is 0.471. The highest BCUT2D eigenvalue weighted by atomic mass is 35.5. The van der Waals surface area contributed by atoms with Gasteiger partial charge in [-0.2, -0.15) is 5.10 Å². The fourth-order valence-corrected chi connectivity index (χ4v) is 3.54. The number of nitrogens with one attached hydrogen (secondary N) is 1. The molecule has 0 saturated carbocycles. The summed E-state index contributed by atoms with van der Waals surface area (Å²) < 4.78 is 1.92. The first-order chi connectivity index (χ1) is 11.5. The van der Waals surface area contributed by atoms with E-state index in [4.69, 9.17) is 11.6 Å². The Hall–Kier alpha value is -1.92. The monoisotopic (exact) mass is 347 g/mol. The number of hydrogen-bond donors (Lipinski definition) is 1. The van der Waals surface area contributed by atoms with Crippen LogP contribution in [-0.4, -0.2) is 38.7 Å². The summed E-state index contributed by atoms with van der Waals surface area (Å²) in [5.41, 5.74) is 3.48. The van der Waals surface area contributed by atoms with Gasteiger partial charge in [-0.3, -0.25) is 14.4 Å². The molecule has 0 bridgehead atoms. The molecule has 2 aromatic heterocycles. The van der Waals surface area contributed by atoms with Crippen LogP contribution >= 0.6 is 11.6 Å². The molecule has 1 fully saturated rings. The van der Waals surface area contributed by atoms with Gasteiger partial charge in [0, 0.05) is 30.5 Å². The summed E-state index contributed by atoms with van der Waals surface area (Å²) in [4.78, 5) is 18.7. The maximum atomic E-state index is 12.4. The molecule has 1 N–H and O–H groups in total. The lowest BCUT2D eigenvalue weighted by atomic mass is 10.0. The number of amides is 1. The minimum Gasteiger partial charge on any atom is -0.310 e. The Morgan fingerprint density at radius 3 is 2.83 bits per heavy atom. The standard InChI is InChI=1S/C17H22ClN5O/c1-11-17(12(2)22(3)21-11)14-5-4-8-23(14)10-16(24)20-15-7-6-13(18)9-19-15/h6-7,9,14H,4-5,8,10H2,1-3H3,(H,19,20,24)/t14-/m1/s1. The lowest BCUT2D eigenvalue weighted by Gasteiger charge is -2.24. The molecule has 0 unspecified atom stereocenters. The summed E-state index contributed by atoms with van der Waals surface area (Å²) in [6.45, 7) is 5.39. The van der Waals surface area contributed by atoms with Gasteiger partial charge in [-0.15, -0.1) is 0 Å². The van der Waals surface area contributed by atoms with Crippen molar-refractivity contribution in [3.05, 3.63) is 40.3 Å². The summed E-state index contributed by atoms with van der Waals surface area (Å²) in [5, 5.41) is 7.89. The van der Waals surface area contributed by atoms with Crippen molar-refractivity contribution in [2.45, 2.75) is 32.7 Å². The first-order valence-electron chi connectivity index (χ1n) is 8.11. The number of anilines is 1. The van der Waals surface area contributed by atoms with Crippen molar-refractivity contribution in [1.82, 2.24) is 19.7 Å². The highest BCUT2D eigenvalue weighted by molar-refractivity contribution is 6.30. The van der Waals surface area contributed by atoms with E-state index < -0.39 is 0 Å². The van der Waals surface area contributed by atoms with Gasteiger partial charge in [0.25, 0.3) is 0 Å². The van der Waals surface area contributed by atoms with Gasteiger partial charge in [-0.25, -0.2) is 4.98 Å². The topological polar surface area (TPSA) is 63.1 Å². The van der Waals surface area contributed by atoms with Crippen molar-refractivity contribution in [2.24, 2.45) is 7.05 Å². The molecule has 0 aromatic carbocycles. The summed E-state index contributed by atoms with van der Waals surface area (Å²) >= 11 is 5.81. The van der Waals surface area contributed by atoms with Gasteiger partial charge >= 0.3 is 0 Å². The smallest absolute Gasteiger partial charge is 0.239 e. The Morgan fingerprint density at radius 1 is 1.42 bits per heavy atom. The zero-order valence-electron chi connectivity index (χ0n) is 14.2. The second-order valence-corrected chi connectivity index (χ2v) is 6.68. The Morgan fingerprint density at radius 2 is 2.21 bits per heavy atom. The van der Waals surface area contributed by atoms with E-state index in [9.17, 15) is 4.79 Å². The number of rotatable bonds is 4. The third-order valence-electron chi connectivity index (χ3n) is 4.60. The van der Waals surface area contributed by atoms with E-state index in [-0.39, 0.29) is 11.9 Å². The lowest BCUT2D eigenvalue weighted by molar-refractivity contribution is -0.117. The second-order valence-electron chi connectivity index (χ2n) is 6.25. The zero-order chi connectivity index (χ0) is 17.3. The number of halogens is 1. The van der Waals surface area contributed by atoms with Crippen LogP contribution in [0, 0.1) is 13.8 Å². The molecule has 7 heteroatoms. The molecule has 3 heterocycles. The van der Waals surface area contributed by atoms with Crippen LogP contribution in [0.2, 0.25) is 5.02 Å². The van der Waals surface area contributed by atoms with Gasteiger partial charge in [-0.1, -0.05) is 11.6 Å². The number of nitrogens with zero attached hydrogens (tertiary/aromatic N) is 4. The van der Waals surface area contributed by atoms with E-state index in [1.54, 1.807) is 12.1 Å². The molecule has 2 aromatic rings. The van der Waals surface area contributed by atoms with E-state index in [0.717, 1.165) is 25.1 Å². The van der Waals surface area contributed by atoms with E-state index in [0.29, 0.717) is 17.4 Å². The van der Waals surface area contributed by atoms with Crippen LogP contribution in [0.1, 0.15) is 35.8 Å². The predicted octanol–water partition coefficient (Wildman–Crippen LogP) is 2.86. The van der Waals surface area contributed by atoms with Crippen LogP contribution in [-0.2, 0) is 11.8 Å². The van der Waals surface area contributed by atoms with Crippen LogP contribution in [0.4, 0.5) is 5.82 Å². The van der Waals surface area contributed by atoms with Crippen molar-refractivity contribution >= 4 is 23.3 Å². The number of aromatic nitrogens is 3. The van der Waals surface area contributed by atoms with Gasteiger partial charge in [0.1, 0.15) is 5.82 Å². The van der Waals surface area contributed by atoms with Crippen molar-refractivity contribution in [3.8, 4) is 0 Å². The number of pyridine rings is 1. The van der Waals surface area contributed by atoms with Crippen LogP contribution < -0.4 is 5.32 Å². The minimum atomic E-state index is -0.0593. The molecular weight excluding hydrogens is 326 g/mol. The van der Waals surface area contributed by atoms with Crippen LogP contribution in [0.15, 0.2) is 18.3 Å². The quantitative estimate of drug-likeness (QED) is 0.923. The first-order valence-corrected chi connectivity index (χ1v) is 8.49. The summed E-state index contributed by atoms with van der Waals surface area (Å²) in [7, 11) is 1.96. The maximum Gasteiger partial charge on any atom is 0.239 e. The number of carbonyl (C=O) groups is 1.